The van der Waals surface area contributed by atoms with Gasteiger partial charge in [-0.15, -0.1) is 23.4 Å². The highest BCUT2D eigenvalue weighted by molar-refractivity contribution is 8.02. The van der Waals surface area contributed by atoms with Crippen LogP contribution in [0.1, 0.15) is 59.6 Å². The van der Waals surface area contributed by atoms with Gasteiger partial charge in [-0.2, -0.15) is 0 Å². The molecular weight excluding hydrogens is 568 g/mol. The second-order valence-electron chi connectivity index (χ2n) is 10.8. The first-order chi connectivity index (χ1) is 19.8. The van der Waals surface area contributed by atoms with E-state index in [0.29, 0.717) is 11.4 Å². The van der Waals surface area contributed by atoms with Gasteiger partial charge in [0.2, 0.25) is 5.91 Å². The lowest BCUT2D eigenvalue weighted by atomic mass is 9.93. The smallest absolute Gasteiger partial charge is 0.269 e. The van der Waals surface area contributed by atoms with Crippen molar-refractivity contribution in [2.75, 3.05) is 14.2 Å². The Labute approximate surface area is 246 Å². The number of hydrogen-bond donors (Lipinski definition) is 1. The number of rotatable bonds is 7. The maximum absolute atomic E-state index is 14.9. The summed E-state index contributed by atoms with van der Waals surface area (Å²) in [6.45, 7) is 0.258. The molecule has 3 unspecified atom stereocenters. The molecule has 214 valence electrons. The average Bonchev–Trinajstić information content (AvgIpc) is 3.39. The largest absolute Gasteiger partial charge is 0.496 e. The van der Waals surface area contributed by atoms with E-state index >= 15 is 0 Å². The van der Waals surface area contributed by atoms with E-state index in [2.05, 4.69) is 10.3 Å². The number of halogens is 3. The third-order valence-electron chi connectivity index (χ3n) is 8.52. The van der Waals surface area contributed by atoms with Crippen molar-refractivity contribution >= 4 is 35.2 Å². The molecule has 2 amide bonds. The lowest BCUT2D eigenvalue weighted by Crippen LogP contribution is -2.47. The molecular formula is C31H30ClF2N3O3S. The van der Waals surface area contributed by atoms with Crippen LogP contribution in [-0.2, 0) is 11.3 Å². The maximum atomic E-state index is 14.9. The molecule has 2 fully saturated rings. The summed E-state index contributed by atoms with van der Waals surface area (Å²) in [5, 5.41) is 1.97. The third kappa shape index (κ3) is 4.67. The Morgan fingerprint density at radius 1 is 1.10 bits per heavy atom. The number of alkyl halides is 1. The zero-order chi connectivity index (χ0) is 28.9. The Kier molecular flexibility index (Phi) is 7.44. The van der Waals surface area contributed by atoms with E-state index in [-0.39, 0.29) is 34.9 Å². The van der Waals surface area contributed by atoms with Gasteiger partial charge in [0.15, 0.2) is 0 Å². The van der Waals surface area contributed by atoms with Crippen LogP contribution in [-0.4, -0.2) is 52.0 Å². The second-order valence-corrected chi connectivity index (χ2v) is 12.6. The molecule has 3 aromatic rings. The van der Waals surface area contributed by atoms with Crippen molar-refractivity contribution in [2.24, 2.45) is 0 Å². The Balaban J connectivity index is 1.37. The van der Waals surface area contributed by atoms with Crippen molar-refractivity contribution in [3.05, 3.63) is 77.1 Å². The zero-order valence-corrected chi connectivity index (χ0v) is 24.3. The molecule has 41 heavy (non-hydrogen) atoms. The number of ether oxygens (including phenoxy) is 1. The minimum atomic E-state index is -1.14. The van der Waals surface area contributed by atoms with Gasteiger partial charge in [0.1, 0.15) is 27.8 Å². The number of pyridine rings is 1. The molecule has 0 bridgehead atoms. The Morgan fingerprint density at radius 3 is 2.56 bits per heavy atom. The first kappa shape index (κ1) is 28.0. The minimum absolute atomic E-state index is 0.0242. The predicted molar refractivity (Wildman–Crippen MR) is 154 cm³/mol. The number of fused-ring (bicyclic) bond motifs is 3. The first-order valence-corrected chi connectivity index (χ1v) is 15.0. The zero-order valence-electron chi connectivity index (χ0n) is 22.8. The van der Waals surface area contributed by atoms with Gasteiger partial charge >= 0.3 is 0 Å². The molecule has 6 rings (SSSR count). The Hall–Kier alpha value is -3.17. The highest BCUT2D eigenvalue weighted by Crippen LogP contribution is 2.73. The summed E-state index contributed by atoms with van der Waals surface area (Å²) in [6.07, 6.45) is 6.39. The van der Waals surface area contributed by atoms with Crippen molar-refractivity contribution in [3.8, 4) is 16.9 Å². The van der Waals surface area contributed by atoms with Crippen LogP contribution in [0.15, 0.2) is 53.6 Å². The molecule has 2 heterocycles. The topological polar surface area (TPSA) is 71.5 Å². The number of nitrogens with one attached hydrogen (secondary N) is 1. The molecule has 10 heteroatoms. The molecule has 1 N–H and O–H groups in total. The van der Waals surface area contributed by atoms with E-state index in [9.17, 15) is 18.4 Å². The molecule has 3 aliphatic rings. The van der Waals surface area contributed by atoms with Crippen molar-refractivity contribution < 1.29 is 23.1 Å². The van der Waals surface area contributed by atoms with E-state index < -0.39 is 27.7 Å². The van der Waals surface area contributed by atoms with Crippen molar-refractivity contribution in [2.45, 2.75) is 65.6 Å². The van der Waals surface area contributed by atoms with Crippen LogP contribution in [0.4, 0.5) is 8.78 Å². The fourth-order valence-electron chi connectivity index (χ4n) is 6.32. The summed E-state index contributed by atoms with van der Waals surface area (Å²) >= 11 is 7.81. The lowest BCUT2D eigenvalue weighted by molar-refractivity contribution is -0.135. The molecule has 1 aromatic heterocycles. The van der Waals surface area contributed by atoms with E-state index in [0.717, 1.165) is 72.7 Å². The van der Waals surface area contributed by atoms with Gasteiger partial charge in [-0.1, -0.05) is 25.3 Å². The van der Waals surface area contributed by atoms with Crippen LogP contribution in [0.5, 0.6) is 5.75 Å². The second kappa shape index (κ2) is 10.9. The van der Waals surface area contributed by atoms with Crippen LogP contribution in [0.2, 0.25) is 0 Å². The summed E-state index contributed by atoms with van der Waals surface area (Å²) in [6, 6.07) is 11.4. The molecule has 2 saturated carbocycles. The molecule has 0 radical (unpaired) electrons. The average molecular weight is 598 g/mol. The van der Waals surface area contributed by atoms with Crippen LogP contribution >= 0.6 is 23.4 Å². The standard InChI is InChI=1S/C31H30ClF2N3O3S/c1-35-29(38)23-15-18(12-13-36-23)17-8-11-24(40-2)19(14-17)16-37(20-6-4-3-5-7-20)30(39)31-26(28(31)32)25-21(33)9-10-22(34)27(25)41-31/h8-15,20,26,28H,3-7,16H2,1-2H3,(H,35,38). The number of aromatic nitrogens is 1. The Bertz CT molecular complexity index is 1530. The summed E-state index contributed by atoms with van der Waals surface area (Å²) < 4.78 is 34.2. The fourth-order valence-corrected chi connectivity index (χ4v) is 8.62. The van der Waals surface area contributed by atoms with E-state index in [1.807, 2.05) is 29.2 Å². The van der Waals surface area contributed by atoms with E-state index in [1.165, 1.54) is 0 Å². The number of carbonyl (C=O) groups excluding carboxylic acids is 2. The molecule has 2 aromatic carbocycles. The van der Waals surface area contributed by atoms with Gasteiger partial charge < -0.3 is 15.0 Å². The summed E-state index contributed by atoms with van der Waals surface area (Å²) in [4.78, 5) is 32.9. The number of benzene rings is 2. The van der Waals surface area contributed by atoms with Crippen molar-refractivity contribution in [1.82, 2.24) is 15.2 Å². The van der Waals surface area contributed by atoms with Gasteiger partial charge in [-0.3, -0.25) is 14.6 Å². The lowest BCUT2D eigenvalue weighted by Gasteiger charge is -2.37. The highest BCUT2D eigenvalue weighted by Gasteiger charge is 2.76. The maximum Gasteiger partial charge on any atom is 0.269 e. The van der Waals surface area contributed by atoms with Gasteiger partial charge in [0.05, 0.1) is 17.4 Å². The fraction of sp³-hybridized carbons (Fsp3) is 0.387. The van der Waals surface area contributed by atoms with Gasteiger partial charge in [-0.25, -0.2) is 8.78 Å². The Morgan fingerprint density at radius 2 is 1.83 bits per heavy atom. The molecule has 2 aliphatic carbocycles. The third-order valence-corrected chi connectivity index (χ3v) is 10.9. The van der Waals surface area contributed by atoms with Crippen LogP contribution < -0.4 is 10.1 Å². The quantitative estimate of drug-likeness (QED) is 0.323. The van der Waals surface area contributed by atoms with Crippen LogP contribution in [0, 0.1) is 11.6 Å². The van der Waals surface area contributed by atoms with Crippen LogP contribution in [0.25, 0.3) is 11.1 Å². The molecule has 0 saturated heterocycles. The number of amides is 2. The summed E-state index contributed by atoms with van der Waals surface area (Å²) in [5.74, 6) is -1.48. The highest BCUT2D eigenvalue weighted by atomic mass is 35.5. The SMILES string of the molecule is CNC(=O)c1cc(-c2ccc(OC)c(CN(C(=O)C34Sc5c(F)ccc(F)c5C3C4Cl)C3CCCCC3)c2)ccn1. The number of thioether (sulfide) groups is 1. The normalized spacial score (nSPS) is 23.0. The number of carbonyl (C=O) groups is 2. The predicted octanol–water partition coefficient (Wildman–Crippen LogP) is 6.31. The van der Waals surface area contributed by atoms with Gasteiger partial charge in [-0.05, 0) is 60.4 Å². The summed E-state index contributed by atoms with van der Waals surface area (Å²) in [5.41, 5.74) is 2.95. The molecule has 0 spiro atoms. The van der Waals surface area contributed by atoms with Gasteiger partial charge in [0, 0.05) is 42.9 Å². The number of nitrogens with zero attached hydrogens (tertiary/aromatic N) is 2. The molecule has 3 atom stereocenters. The number of hydrogen-bond acceptors (Lipinski definition) is 5. The van der Waals surface area contributed by atoms with Crippen molar-refractivity contribution in [3.63, 3.8) is 0 Å². The molecule has 6 nitrogen and oxygen atoms in total. The van der Waals surface area contributed by atoms with Gasteiger partial charge in [0.25, 0.3) is 5.91 Å². The van der Waals surface area contributed by atoms with Crippen molar-refractivity contribution in [1.29, 1.82) is 0 Å². The minimum Gasteiger partial charge on any atom is -0.496 e. The first-order valence-electron chi connectivity index (χ1n) is 13.8. The monoisotopic (exact) mass is 597 g/mol. The van der Waals surface area contributed by atoms with E-state index in [4.69, 9.17) is 16.3 Å². The van der Waals surface area contributed by atoms with E-state index in [1.54, 1.807) is 26.4 Å². The van der Waals surface area contributed by atoms with Crippen LogP contribution in [0.3, 0.4) is 0 Å². The number of methoxy groups -OCH3 is 1. The summed E-state index contributed by atoms with van der Waals surface area (Å²) in [7, 11) is 3.14. The molecule has 1 aliphatic heterocycles.